The number of hydrogen-bond donors (Lipinski definition) is 1. The summed E-state index contributed by atoms with van der Waals surface area (Å²) in [4.78, 5) is 0. The van der Waals surface area contributed by atoms with E-state index in [2.05, 4.69) is 29.4 Å². The molecule has 0 spiro atoms. The highest BCUT2D eigenvalue weighted by Crippen LogP contribution is 2.11. The van der Waals surface area contributed by atoms with Crippen LogP contribution in [0.2, 0.25) is 0 Å². The average molecular weight is 243 g/mol. The van der Waals surface area contributed by atoms with Gasteiger partial charge in [0.2, 0.25) is 0 Å². The van der Waals surface area contributed by atoms with E-state index < -0.39 is 0 Å². The Morgan fingerprint density at radius 1 is 1.31 bits per heavy atom. The van der Waals surface area contributed by atoms with Gasteiger partial charge in [0.25, 0.3) is 0 Å². The largest absolute Gasteiger partial charge is 0.385 e. The Bertz CT molecular complexity index is 289. The maximum atomic E-state index is 5.01. The van der Waals surface area contributed by atoms with Gasteiger partial charge in [-0.2, -0.15) is 0 Å². The van der Waals surface area contributed by atoms with E-state index in [9.17, 15) is 0 Å². The molecule has 92 valence electrons. The van der Waals surface area contributed by atoms with Gasteiger partial charge >= 0.3 is 0 Å². The van der Waals surface area contributed by atoms with E-state index in [-0.39, 0.29) is 0 Å². The van der Waals surface area contributed by atoms with Gasteiger partial charge in [0.15, 0.2) is 0 Å². The van der Waals surface area contributed by atoms with Crippen LogP contribution in [0.25, 0.3) is 0 Å². The molecular formula is C11H21N3OS. The van der Waals surface area contributed by atoms with Crippen LogP contribution in [0.1, 0.15) is 30.3 Å². The molecule has 0 aliphatic carbocycles. The molecule has 0 amide bonds. The normalized spacial score (nSPS) is 11.2. The first-order valence-corrected chi connectivity index (χ1v) is 6.55. The molecule has 0 atom stereocenters. The smallest absolute Gasteiger partial charge is 0.131 e. The molecule has 0 radical (unpaired) electrons. The lowest BCUT2D eigenvalue weighted by Gasteiger charge is -2.03. The summed E-state index contributed by atoms with van der Waals surface area (Å²) < 4.78 is 5.01. The number of nitrogens with zero attached hydrogens (tertiary/aromatic N) is 2. The third kappa shape index (κ3) is 5.53. The zero-order valence-corrected chi connectivity index (χ0v) is 11.1. The molecule has 1 heterocycles. The van der Waals surface area contributed by atoms with Crippen molar-refractivity contribution in [2.75, 3.05) is 20.3 Å². The predicted molar refractivity (Wildman–Crippen MR) is 66.7 cm³/mol. The summed E-state index contributed by atoms with van der Waals surface area (Å²) in [6.45, 7) is 7.05. The second kappa shape index (κ2) is 7.70. The van der Waals surface area contributed by atoms with Crippen molar-refractivity contribution in [2.45, 2.75) is 33.2 Å². The number of aromatic nitrogens is 2. The number of hydrogen-bond acceptors (Lipinski definition) is 5. The van der Waals surface area contributed by atoms with Gasteiger partial charge in [-0.1, -0.05) is 13.8 Å². The molecule has 1 rings (SSSR count). The van der Waals surface area contributed by atoms with E-state index in [1.54, 1.807) is 18.4 Å². The van der Waals surface area contributed by atoms with E-state index in [1.165, 1.54) is 0 Å². The monoisotopic (exact) mass is 243 g/mol. The van der Waals surface area contributed by atoms with Crippen molar-refractivity contribution >= 4 is 11.3 Å². The Balaban J connectivity index is 2.22. The molecule has 0 unspecified atom stereocenters. The van der Waals surface area contributed by atoms with Gasteiger partial charge in [0, 0.05) is 26.7 Å². The zero-order chi connectivity index (χ0) is 11.8. The summed E-state index contributed by atoms with van der Waals surface area (Å²) >= 11 is 1.69. The molecular weight excluding hydrogens is 222 g/mol. The van der Waals surface area contributed by atoms with Crippen molar-refractivity contribution in [3.05, 3.63) is 10.0 Å². The fourth-order valence-corrected chi connectivity index (χ4v) is 2.15. The molecule has 4 nitrogen and oxygen atoms in total. The molecule has 1 N–H and O–H groups in total. The van der Waals surface area contributed by atoms with Crippen molar-refractivity contribution in [2.24, 2.45) is 5.92 Å². The fourth-order valence-electron chi connectivity index (χ4n) is 1.30. The van der Waals surface area contributed by atoms with Gasteiger partial charge in [-0.25, -0.2) is 0 Å². The summed E-state index contributed by atoms with van der Waals surface area (Å²) in [6.07, 6.45) is 1.99. The molecule has 0 aliphatic rings. The van der Waals surface area contributed by atoms with Crippen LogP contribution in [0.4, 0.5) is 0 Å². The molecule has 16 heavy (non-hydrogen) atoms. The van der Waals surface area contributed by atoms with Crippen molar-refractivity contribution in [1.29, 1.82) is 0 Å². The highest BCUT2D eigenvalue weighted by molar-refractivity contribution is 7.11. The second-order valence-electron chi connectivity index (χ2n) is 4.21. The number of ether oxygens (including phenoxy) is 1. The third-order valence-corrected chi connectivity index (χ3v) is 3.06. The van der Waals surface area contributed by atoms with E-state index in [1.807, 2.05) is 0 Å². The molecule has 0 fully saturated rings. The molecule has 0 bridgehead atoms. The highest BCUT2D eigenvalue weighted by Gasteiger charge is 2.03. The van der Waals surface area contributed by atoms with E-state index >= 15 is 0 Å². The number of nitrogens with one attached hydrogen (secondary N) is 1. The number of methoxy groups -OCH3 is 1. The first-order valence-electron chi connectivity index (χ1n) is 5.73. The lowest BCUT2D eigenvalue weighted by molar-refractivity contribution is 0.195. The quantitative estimate of drug-likeness (QED) is 0.708. The summed E-state index contributed by atoms with van der Waals surface area (Å²) in [7, 11) is 1.72. The minimum atomic E-state index is 0.675. The zero-order valence-electron chi connectivity index (χ0n) is 10.3. The minimum Gasteiger partial charge on any atom is -0.385 e. The minimum absolute atomic E-state index is 0.675. The average Bonchev–Trinajstić information content (AvgIpc) is 2.66. The topological polar surface area (TPSA) is 47.0 Å². The van der Waals surface area contributed by atoms with Crippen LogP contribution < -0.4 is 5.32 Å². The summed E-state index contributed by atoms with van der Waals surface area (Å²) in [5, 5.41) is 13.9. The van der Waals surface area contributed by atoms with E-state index in [0.717, 1.165) is 42.6 Å². The first-order chi connectivity index (χ1) is 7.72. The molecule has 1 aromatic rings. The molecule has 0 aliphatic heterocycles. The highest BCUT2D eigenvalue weighted by atomic mass is 32.1. The van der Waals surface area contributed by atoms with Crippen LogP contribution >= 0.6 is 11.3 Å². The van der Waals surface area contributed by atoms with Crippen molar-refractivity contribution in [3.63, 3.8) is 0 Å². The van der Waals surface area contributed by atoms with Crippen LogP contribution in [-0.2, 0) is 17.7 Å². The molecule has 0 aromatic carbocycles. The van der Waals surface area contributed by atoms with Crippen LogP contribution in [-0.4, -0.2) is 30.5 Å². The van der Waals surface area contributed by atoms with Crippen LogP contribution in [0.15, 0.2) is 0 Å². The first kappa shape index (κ1) is 13.5. The predicted octanol–water partition coefficient (Wildman–Crippen LogP) is 1.86. The molecule has 1 aromatic heterocycles. The van der Waals surface area contributed by atoms with Gasteiger partial charge in [-0.05, 0) is 18.9 Å². The van der Waals surface area contributed by atoms with Gasteiger partial charge in [-0.15, -0.1) is 21.5 Å². The lowest BCUT2D eigenvalue weighted by Crippen LogP contribution is -2.18. The number of aryl methyl sites for hydroxylation is 1. The Morgan fingerprint density at radius 2 is 2.06 bits per heavy atom. The van der Waals surface area contributed by atoms with Crippen molar-refractivity contribution < 1.29 is 4.74 Å². The maximum absolute atomic E-state index is 5.01. The molecule has 5 heteroatoms. The fraction of sp³-hybridized carbons (Fsp3) is 0.818. The standard InChI is InChI=1S/C11H21N3OS/c1-9(2)7-12-8-11-14-13-10(16-11)5-4-6-15-3/h9,12H,4-8H2,1-3H3. The molecule has 0 saturated carbocycles. The summed E-state index contributed by atoms with van der Waals surface area (Å²) in [5.74, 6) is 0.675. The Labute approximate surface area is 101 Å². The van der Waals surface area contributed by atoms with Gasteiger partial charge in [-0.3, -0.25) is 0 Å². The number of rotatable bonds is 8. The SMILES string of the molecule is COCCCc1nnc(CNCC(C)C)s1. The van der Waals surface area contributed by atoms with Crippen LogP contribution in [0.3, 0.4) is 0 Å². The molecule has 0 saturated heterocycles. The van der Waals surface area contributed by atoms with Gasteiger partial charge in [0.05, 0.1) is 0 Å². The Hall–Kier alpha value is -0.520. The summed E-state index contributed by atoms with van der Waals surface area (Å²) in [6, 6.07) is 0. The van der Waals surface area contributed by atoms with Crippen LogP contribution in [0, 0.1) is 5.92 Å². The second-order valence-corrected chi connectivity index (χ2v) is 5.36. The maximum Gasteiger partial charge on any atom is 0.131 e. The van der Waals surface area contributed by atoms with Gasteiger partial charge in [0.1, 0.15) is 10.0 Å². The van der Waals surface area contributed by atoms with Crippen LogP contribution in [0.5, 0.6) is 0 Å². The summed E-state index contributed by atoms with van der Waals surface area (Å²) in [5.41, 5.74) is 0. The van der Waals surface area contributed by atoms with Crippen molar-refractivity contribution in [1.82, 2.24) is 15.5 Å². The third-order valence-electron chi connectivity index (χ3n) is 2.08. The van der Waals surface area contributed by atoms with E-state index in [4.69, 9.17) is 4.74 Å². The Morgan fingerprint density at radius 3 is 2.75 bits per heavy atom. The lowest BCUT2D eigenvalue weighted by atomic mass is 10.2. The van der Waals surface area contributed by atoms with E-state index in [0.29, 0.717) is 5.92 Å². The van der Waals surface area contributed by atoms with Crippen molar-refractivity contribution in [3.8, 4) is 0 Å². The van der Waals surface area contributed by atoms with Gasteiger partial charge < -0.3 is 10.1 Å². The Kier molecular flexibility index (Phi) is 6.52.